The number of alkyl halides is 3. The highest BCUT2D eigenvalue weighted by atomic mass is 19.4. The van der Waals surface area contributed by atoms with Gasteiger partial charge in [-0.05, 0) is 48.7 Å². The van der Waals surface area contributed by atoms with Crippen molar-refractivity contribution in [1.29, 1.82) is 0 Å². The summed E-state index contributed by atoms with van der Waals surface area (Å²) in [5, 5.41) is 3.81. The molecular formula is C22H16F4N4O2. The standard InChI is InChI=1S/C22H16F4N4O2/c23-14-5-1-4-13(10-14)17-6-2-8-29(17)21(31)15-12-27-30-19(22(24,25)26)11-16(28-20(15)30)18-7-3-9-32-18/h1,3-5,7,9-12,17H,2,6,8H2. The molecule has 10 heteroatoms. The lowest BCUT2D eigenvalue weighted by molar-refractivity contribution is -0.142. The molecule has 0 aliphatic carbocycles. The molecule has 4 heterocycles. The van der Waals surface area contributed by atoms with E-state index in [9.17, 15) is 22.4 Å². The first-order chi connectivity index (χ1) is 15.3. The Balaban J connectivity index is 1.61. The molecule has 0 spiro atoms. The van der Waals surface area contributed by atoms with Gasteiger partial charge in [0, 0.05) is 6.54 Å². The molecule has 3 aromatic heterocycles. The Morgan fingerprint density at radius 3 is 2.72 bits per heavy atom. The summed E-state index contributed by atoms with van der Waals surface area (Å²) >= 11 is 0. The molecule has 164 valence electrons. The number of furan rings is 1. The molecule has 0 radical (unpaired) electrons. The molecule has 6 nitrogen and oxygen atoms in total. The fourth-order valence-electron chi connectivity index (χ4n) is 4.09. The highest BCUT2D eigenvalue weighted by molar-refractivity contribution is 6.00. The van der Waals surface area contributed by atoms with Gasteiger partial charge in [0.2, 0.25) is 0 Å². The van der Waals surface area contributed by atoms with E-state index >= 15 is 0 Å². The van der Waals surface area contributed by atoms with Crippen LogP contribution in [0.5, 0.6) is 0 Å². The molecule has 4 aromatic rings. The molecule has 1 atom stereocenters. The van der Waals surface area contributed by atoms with Gasteiger partial charge in [0.25, 0.3) is 5.91 Å². The number of rotatable bonds is 3. The second kappa shape index (κ2) is 7.47. The minimum atomic E-state index is -4.73. The van der Waals surface area contributed by atoms with Crippen LogP contribution in [-0.4, -0.2) is 31.9 Å². The summed E-state index contributed by atoms with van der Waals surface area (Å²) in [6.45, 7) is 0.390. The Kier molecular flexibility index (Phi) is 4.72. The van der Waals surface area contributed by atoms with Crippen LogP contribution < -0.4 is 0 Å². The topological polar surface area (TPSA) is 63.6 Å². The third-order valence-electron chi connectivity index (χ3n) is 5.51. The van der Waals surface area contributed by atoms with Crippen LogP contribution in [0.1, 0.15) is 40.5 Å². The van der Waals surface area contributed by atoms with Gasteiger partial charge in [-0.25, -0.2) is 13.9 Å². The third kappa shape index (κ3) is 3.41. The average Bonchev–Trinajstić information content (AvgIpc) is 3.52. The molecule has 1 aromatic carbocycles. The van der Waals surface area contributed by atoms with E-state index in [2.05, 4.69) is 10.1 Å². The van der Waals surface area contributed by atoms with Crippen molar-refractivity contribution in [3.8, 4) is 11.5 Å². The molecule has 5 rings (SSSR count). The normalized spacial score (nSPS) is 16.8. The van der Waals surface area contributed by atoms with Crippen molar-refractivity contribution in [1.82, 2.24) is 19.5 Å². The van der Waals surface area contributed by atoms with E-state index in [1.807, 2.05) is 0 Å². The summed E-state index contributed by atoms with van der Waals surface area (Å²) < 4.78 is 60.7. The zero-order valence-corrected chi connectivity index (χ0v) is 16.5. The SMILES string of the molecule is O=C(c1cnn2c(C(F)(F)F)cc(-c3ccco3)nc12)N1CCCC1c1cccc(F)c1. The predicted molar refractivity (Wildman–Crippen MR) is 105 cm³/mol. The number of carbonyl (C=O) groups is 1. The molecule has 1 aliphatic rings. The van der Waals surface area contributed by atoms with Crippen molar-refractivity contribution in [2.75, 3.05) is 6.54 Å². The van der Waals surface area contributed by atoms with Crippen molar-refractivity contribution in [2.45, 2.75) is 25.1 Å². The average molecular weight is 444 g/mol. The largest absolute Gasteiger partial charge is 0.463 e. The lowest BCUT2D eigenvalue weighted by atomic mass is 10.0. The van der Waals surface area contributed by atoms with Gasteiger partial charge in [0.15, 0.2) is 17.1 Å². The molecule has 1 aliphatic heterocycles. The summed E-state index contributed by atoms with van der Waals surface area (Å²) in [5.74, 6) is -0.794. The van der Waals surface area contributed by atoms with Crippen LogP contribution in [0.15, 0.2) is 59.3 Å². The number of fused-ring (bicyclic) bond motifs is 1. The number of likely N-dealkylation sites (tertiary alicyclic amines) is 1. The molecule has 32 heavy (non-hydrogen) atoms. The van der Waals surface area contributed by atoms with E-state index in [0.29, 0.717) is 29.5 Å². The van der Waals surface area contributed by atoms with Crippen LogP contribution in [-0.2, 0) is 6.18 Å². The van der Waals surface area contributed by atoms with Crippen molar-refractivity contribution in [3.05, 3.63) is 77.6 Å². The number of aromatic nitrogens is 3. The highest BCUT2D eigenvalue weighted by Crippen LogP contribution is 2.36. The maximum absolute atomic E-state index is 13.7. The first kappa shape index (κ1) is 20.2. The van der Waals surface area contributed by atoms with Gasteiger partial charge in [0.1, 0.15) is 17.1 Å². The molecule has 1 amide bonds. The highest BCUT2D eigenvalue weighted by Gasteiger charge is 2.38. The quantitative estimate of drug-likeness (QED) is 0.411. The van der Waals surface area contributed by atoms with E-state index in [-0.39, 0.29) is 28.7 Å². The second-order valence-electron chi connectivity index (χ2n) is 7.51. The summed E-state index contributed by atoms with van der Waals surface area (Å²) in [4.78, 5) is 19.2. The fourth-order valence-corrected chi connectivity index (χ4v) is 4.09. The lowest BCUT2D eigenvalue weighted by Crippen LogP contribution is -2.30. The number of hydrogen-bond acceptors (Lipinski definition) is 4. The lowest BCUT2D eigenvalue weighted by Gasteiger charge is -2.24. The molecule has 1 unspecified atom stereocenters. The number of carbonyl (C=O) groups excluding carboxylic acids is 1. The van der Waals surface area contributed by atoms with Crippen molar-refractivity contribution >= 4 is 11.6 Å². The van der Waals surface area contributed by atoms with Gasteiger partial charge in [-0.2, -0.15) is 18.3 Å². The molecule has 0 saturated carbocycles. The smallest absolute Gasteiger partial charge is 0.433 e. The Morgan fingerprint density at radius 1 is 1.16 bits per heavy atom. The summed E-state index contributed by atoms with van der Waals surface area (Å²) in [6.07, 6.45) is -1.01. The number of benzene rings is 1. The van der Waals surface area contributed by atoms with Crippen molar-refractivity contribution in [3.63, 3.8) is 0 Å². The van der Waals surface area contributed by atoms with E-state index in [1.165, 1.54) is 35.4 Å². The van der Waals surface area contributed by atoms with Crippen molar-refractivity contribution < 1.29 is 26.8 Å². The van der Waals surface area contributed by atoms with Crippen LogP contribution in [0.3, 0.4) is 0 Å². The minimum Gasteiger partial charge on any atom is -0.463 e. The Bertz CT molecular complexity index is 1300. The maximum Gasteiger partial charge on any atom is 0.433 e. The maximum atomic E-state index is 13.7. The van der Waals surface area contributed by atoms with E-state index in [4.69, 9.17) is 4.42 Å². The van der Waals surface area contributed by atoms with E-state index in [1.54, 1.807) is 12.1 Å². The van der Waals surface area contributed by atoms with Gasteiger partial charge < -0.3 is 9.32 Å². The first-order valence-corrected chi connectivity index (χ1v) is 9.89. The zero-order chi connectivity index (χ0) is 22.5. The number of amides is 1. The van der Waals surface area contributed by atoms with Gasteiger partial charge >= 0.3 is 6.18 Å². The van der Waals surface area contributed by atoms with Crippen LogP contribution in [0.2, 0.25) is 0 Å². The molecule has 0 N–H and O–H groups in total. The molecule has 1 saturated heterocycles. The number of halogens is 4. The summed E-state index contributed by atoms with van der Waals surface area (Å²) in [6, 6.07) is 9.43. The first-order valence-electron chi connectivity index (χ1n) is 9.89. The van der Waals surface area contributed by atoms with Crippen molar-refractivity contribution in [2.24, 2.45) is 0 Å². The second-order valence-corrected chi connectivity index (χ2v) is 7.51. The van der Waals surface area contributed by atoms with Crippen LogP contribution in [0.25, 0.3) is 17.1 Å². The Hall–Kier alpha value is -3.69. The molecular weight excluding hydrogens is 428 g/mol. The van der Waals surface area contributed by atoms with Gasteiger partial charge in [-0.1, -0.05) is 12.1 Å². The van der Waals surface area contributed by atoms with Gasteiger partial charge in [0.05, 0.1) is 18.5 Å². The van der Waals surface area contributed by atoms with E-state index < -0.39 is 23.6 Å². The number of hydrogen-bond donors (Lipinski definition) is 0. The number of nitrogens with zero attached hydrogens (tertiary/aromatic N) is 4. The van der Waals surface area contributed by atoms with Crippen LogP contribution in [0.4, 0.5) is 17.6 Å². The van der Waals surface area contributed by atoms with E-state index in [0.717, 1.165) is 12.3 Å². The summed E-state index contributed by atoms with van der Waals surface area (Å²) in [5.41, 5.74) is -0.788. The fraction of sp³-hybridized carbons (Fsp3) is 0.227. The van der Waals surface area contributed by atoms with Crippen LogP contribution in [0, 0.1) is 5.82 Å². The third-order valence-corrected chi connectivity index (χ3v) is 5.51. The van der Waals surface area contributed by atoms with Gasteiger partial charge in [-0.15, -0.1) is 0 Å². The Labute approximate surface area is 179 Å². The zero-order valence-electron chi connectivity index (χ0n) is 16.5. The van der Waals surface area contributed by atoms with Gasteiger partial charge in [-0.3, -0.25) is 4.79 Å². The monoisotopic (exact) mass is 444 g/mol. The molecule has 0 bridgehead atoms. The minimum absolute atomic E-state index is 0.0625. The summed E-state index contributed by atoms with van der Waals surface area (Å²) in [7, 11) is 0. The van der Waals surface area contributed by atoms with Crippen LogP contribution >= 0.6 is 0 Å². The molecule has 1 fully saturated rings. The Morgan fingerprint density at radius 2 is 2.00 bits per heavy atom. The predicted octanol–water partition coefficient (Wildman–Crippen LogP) is 5.12.